The number of unbranched alkanes of at least 4 members (excludes halogenated alkanes) is 2. The number of aliphatic hydroxyl groups excluding tert-OH is 1. The zero-order valence-electron chi connectivity index (χ0n) is 12.2. The summed E-state index contributed by atoms with van der Waals surface area (Å²) >= 11 is 0. The Labute approximate surface area is 120 Å². The Morgan fingerprint density at radius 1 is 1.30 bits per heavy atom. The third-order valence-corrected chi connectivity index (χ3v) is 3.82. The average molecular weight is 277 g/mol. The van der Waals surface area contributed by atoms with Crippen molar-refractivity contribution in [2.75, 3.05) is 11.4 Å². The van der Waals surface area contributed by atoms with Gasteiger partial charge in [0.15, 0.2) is 5.60 Å². The lowest BCUT2D eigenvalue weighted by Crippen LogP contribution is -2.42. The molecule has 1 heterocycles. The van der Waals surface area contributed by atoms with Gasteiger partial charge in [0.25, 0.3) is 5.91 Å². The molecule has 0 spiro atoms. The van der Waals surface area contributed by atoms with Crippen LogP contribution in [0.5, 0.6) is 0 Å². The van der Waals surface area contributed by atoms with E-state index in [1.54, 1.807) is 17.9 Å². The number of aliphatic hydroxyl groups is 2. The van der Waals surface area contributed by atoms with E-state index < -0.39 is 11.7 Å². The second kappa shape index (κ2) is 5.94. The van der Waals surface area contributed by atoms with Crippen LogP contribution < -0.4 is 4.90 Å². The van der Waals surface area contributed by atoms with Crippen molar-refractivity contribution in [2.45, 2.75) is 51.2 Å². The van der Waals surface area contributed by atoms with Crippen molar-refractivity contribution in [3.63, 3.8) is 0 Å². The van der Waals surface area contributed by atoms with Crippen molar-refractivity contribution >= 4 is 11.6 Å². The van der Waals surface area contributed by atoms with E-state index in [4.69, 9.17) is 0 Å². The van der Waals surface area contributed by atoms with Crippen LogP contribution in [-0.4, -0.2) is 28.8 Å². The molecule has 2 rings (SSSR count). The lowest BCUT2D eigenvalue weighted by Gasteiger charge is -2.24. The molecule has 0 fully saturated rings. The van der Waals surface area contributed by atoms with Crippen molar-refractivity contribution in [1.29, 1.82) is 0 Å². The van der Waals surface area contributed by atoms with Crippen LogP contribution in [0, 0.1) is 0 Å². The molecule has 1 amide bonds. The van der Waals surface area contributed by atoms with Crippen molar-refractivity contribution in [3.05, 3.63) is 29.8 Å². The summed E-state index contributed by atoms with van der Waals surface area (Å²) in [6, 6.07) is 7.32. The van der Waals surface area contributed by atoms with Crippen LogP contribution in [0.4, 0.5) is 5.69 Å². The van der Waals surface area contributed by atoms with E-state index >= 15 is 0 Å². The Morgan fingerprint density at radius 3 is 2.65 bits per heavy atom. The minimum absolute atomic E-state index is 0.0348. The predicted octanol–water partition coefficient (Wildman–Crippen LogP) is 2.18. The summed E-state index contributed by atoms with van der Waals surface area (Å²) in [5.41, 5.74) is -0.198. The van der Waals surface area contributed by atoms with E-state index in [0.29, 0.717) is 12.1 Å². The van der Waals surface area contributed by atoms with Gasteiger partial charge in [-0.3, -0.25) is 4.79 Å². The number of carbonyl (C=O) groups is 1. The summed E-state index contributed by atoms with van der Waals surface area (Å²) in [4.78, 5) is 14.2. The topological polar surface area (TPSA) is 60.8 Å². The van der Waals surface area contributed by atoms with Gasteiger partial charge in [-0.25, -0.2) is 0 Å². The van der Waals surface area contributed by atoms with Crippen LogP contribution in [0.3, 0.4) is 0 Å². The molecule has 2 unspecified atom stereocenters. The molecule has 4 nitrogen and oxygen atoms in total. The molecule has 1 aromatic carbocycles. The van der Waals surface area contributed by atoms with E-state index in [1.807, 2.05) is 18.2 Å². The van der Waals surface area contributed by atoms with Gasteiger partial charge in [-0.05, 0) is 19.4 Å². The number of hydrogen-bond donors (Lipinski definition) is 2. The number of fused-ring (bicyclic) bond motifs is 1. The van der Waals surface area contributed by atoms with Gasteiger partial charge in [-0.1, -0.05) is 38.0 Å². The van der Waals surface area contributed by atoms with Gasteiger partial charge in [-0.2, -0.15) is 0 Å². The molecule has 0 radical (unpaired) electrons. The largest absolute Gasteiger partial charge is 0.393 e. The highest BCUT2D eigenvalue weighted by atomic mass is 16.3. The molecule has 1 aliphatic rings. The molecule has 0 saturated heterocycles. The molecule has 4 heteroatoms. The molecule has 0 aliphatic carbocycles. The van der Waals surface area contributed by atoms with Crippen molar-refractivity contribution in [3.8, 4) is 0 Å². The monoisotopic (exact) mass is 277 g/mol. The number of anilines is 1. The normalized spacial score (nSPS) is 23.0. The van der Waals surface area contributed by atoms with E-state index in [1.165, 1.54) is 0 Å². The predicted molar refractivity (Wildman–Crippen MR) is 78.5 cm³/mol. The van der Waals surface area contributed by atoms with Crippen LogP contribution in [0.15, 0.2) is 24.3 Å². The summed E-state index contributed by atoms with van der Waals surface area (Å²) in [6.45, 7) is 4.32. The summed E-state index contributed by atoms with van der Waals surface area (Å²) < 4.78 is 0. The quantitative estimate of drug-likeness (QED) is 0.784. The van der Waals surface area contributed by atoms with Crippen LogP contribution in [-0.2, 0) is 10.4 Å². The van der Waals surface area contributed by atoms with Gasteiger partial charge in [0.05, 0.1) is 11.8 Å². The summed E-state index contributed by atoms with van der Waals surface area (Å²) in [5.74, 6) is -0.310. The summed E-state index contributed by atoms with van der Waals surface area (Å²) in [7, 11) is 0. The Hall–Kier alpha value is -1.39. The highest BCUT2D eigenvalue weighted by Gasteiger charge is 2.49. The first kappa shape index (κ1) is 15.0. The first-order valence-corrected chi connectivity index (χ1v) is 7.32. The fraction of sp³-hybridized carbons (Fsp3) is 0.562. The highest BCUT2D eigenvalue weighted by Crippen LogP contribution is 2.42. The molecule has 2 atom stereocenters. The highest BCUT2D eigenvalue weighted by molar-refractivity contribution is 6.06. The molecule has 0 bridgehead atoms. The Morgan fingerprint density at radius 2 is 2.00 bits per heavy atom. The maximum absolute atomic E-state index is 12.6. The van der Waals surface area contributed by atoms with Crippen LogP contribution >= 0.6 is 0 Å². The Balaban J connectivity index is 2.31. The first-order chi connectivity index (χ1) is 9.50. The van der Waals surface area contributed by atoms with Crippen molar-refractivity contribution in [1.82, 2.24) is 0 Å². The van der Waals surface area contributed by atoms with Gasteiger partial charge in [-0.15, -0.1) is 0 Å². The zero-order chi connectivity index (χ0) is 14.8. The van der Waals surface area contributed by atoms with E-state index in [-0.39, 0.29) is 12.3 Å². The Kier molecular flexibility index (Phi) is 4.45. The standard InChI is InChI=1S/C16H23NO3/c1-3-4-7-10-17-14-9-6-5-8-13(14)16(20,15(17)19)11-12(2)18/h5-6,8-9,12,18,20H,3-4,7,10-11H2,1-2H3. The first-order valence-electron chi connectivity index (χ1n) is 7.32. The maximum Gasteiger partial charge on any atom is 0.263 e. The van der Waals surface area contributed by atoms with Crippen molar-refractivity contribution < 1.29 is 15.0 Å². The van der Waals surface area contributed by atoms with Crippen LogP contribution in [0.1, 0.15) is 45.1 Å². The minimum Gasteiger partial charge on any atom is -0.393 e. The van der Waals surface area contributed by atoms with Crippen LogP contribution in [0.25, 0.3) is 0 Å². The lowest BCUT2D eigenvalue weighted by molar-refractivity contribution is -0.139. The number of benzene rings is 1. The van der Waals surface area contributed by atoms with Gasteiger partial charge in [0, 0.05) is 18.5 Å². The van der Waals surface area contributed by atoms with Gasteiger partial charge in [0.1, 0.15) is 0 Å². The fourth-order valence-electron chi connectivity index (χ4n) is 2.87. The van der Waals surface area contributed by atoms with E-state index in [2.05, 4.69) is 6.92 Å². The minimum atomic E-state index is -1.59. The van der Waals surface area contributed by atoms with Gasteiger partial charge >= 0.3 is 0 Å². The number of amides is 1. The number of nitrogens with zero attached hydrogens (tertiary/aromatic N) is 1. The van der Waals surface area contributed by atoms with Crippen molar-refractivity contribution in [2.24, 2.45) is 0 Å². The third kappa shape index (κ3) is 2.58. The van der Waals surface area contributed by atoms with Gasteiger partial charge in [0.2, 0.25) is 0 Å². The lowest BCUT2D eigenvalue weighted by atomic mass is 9.90. The molecule has 0 aromatic heterocycles. The molecule has 2 N–H and O–H groups in total. The summed E-state index contributed by atoms with van der Waals surface area (Å²) in [6.07, 6.45) is 2.37. The van der Waals surface area contributed by atoms with E-state index in [9.17, 15) is 15.0 Å². The molecule has 110 valence electrons. The van der Waals surface area contributed by atoms with Crippen LogP contribution in [0.2, 0.25) is 0 Å². The average Bonchev–Trinajstić information content (AvgIpc) is 2.61. The number of hydrogen-bond acceptors (Lipinski definition) is 3. The summed E-state index contributed by atoms with van der Waals surface area (Å²) in [5, 5.41) is 20.3. The van der Waals surface area contributed by atoms with Gasteiger partial charge < -0.3 is 15.1 Å². The third-order valence-electron chi connectivity index (χ3n) is 3.82. The molecular formula is C16H23NO3. The molecule has 20 heavy (non-hydrogen) atoms. The Bertz CT molecular complexity index is 486. The number of carbonyl (C=O) groups excluding carboxylic acids is 1. The number of para-hydroxylation sites is 1. The molecule has 1 aromatic rings. The fourth-order valence-corrected chi connectivity index (χ4v) is 2.87. The molecule has 1 aliphatic heterocycles. The zero-order valence-corrected chi connectivity index (χ0v) is 12.2. The molecular weight excluding hydrogens is 254 g/mol. The smallest absolute Gasteiger partial charge is 0.263 e. The second-order valence-corrected chi connectivity index (χ2v) is 5.59. The SMILES string of the molecule is CCCCCN1C(=O)C(O)(CC(C)O)c2ccccc21. The van der Waals surface area contributed by atoms with E-state index in [0.717, 1.165) is 24.9 Å². The molecule has 0 saturated carbocycles. The second-order valence-electron chi connectivity index (χ2n) is 5.59. The number of rotatable bonds is 6. The maximum atomic E-state index is 12.6.